The Balaban J connectivity index is 2.71. The van der Waals surface area contributed by atoms with Crippen LogP contribution in [-0.4, -0.2) is 5.78 Å². The van der Waals surface area contributed by atoms with Crippen LogP contribution in [0.2, 0.25) is 0 Å². The number of Topliss-reactive ketones (excluding diaryl/α,β-unsaturated/α-hetero) is 1. The van der Waals surface area contributed by atoms with Crippen molar-refractivity contribution in [2.75, 3.05) is 0 Å². The summed E-state index contributed by atoms with van der Waals surface area (Å²) in [6.45, 7) is 8.59. The summed E-state index contributed by atoms with van der Waals surface area (Å²) in [7, 11) is 0. The van der Waals surface area contributed by atoms with E-state index in [0.29, 0.717) is 17.6 Å². The Morgan fingerprint density at radius 3 is 2.25 bits per heavy atom. The van der Waals surface area contributed by atoms with Gasteiger partial charge in [0.2, 0.25) is 0 Å². The first-order chi connectivity index (χ1) is 5.43. The molecule has 0 N–H and O–H groups in total. The minimum absolute atomic E-state index is 0.172. The van der Waals surface area contributed by atoms with Gasteiger partial charge >= 0.3 is 0 Å². The van der Waals surface area contributed by atoms with E-state index >= 15 is 0 Å². The van der Waals surface area contributed by atoms with E-state index in [1.807, 2.05) is 0 Å². The summed E-state index contributed by atoms with van der Waals surface area (Å²) in [4.78, 5) is 11.8. The van der Waals surface area contributed by atoms with Crippen molar-refractivity contribution in [2.24, 2.45) is 17.3 Å². The zero-order valence-corrected chi connectivity index (χ0v) is 8.68. The van der Waals surface area contributed by atoms with E-state index < -0.39 is 0 Å². The molecule has 0 amide bonds. The zero-order chi connectivity index (χ0) is 9.35. The van der Waals surface area contributed by atoms with Crippen molar-refractivity contribution in [3.8, 4) is 0 Å². The molecule has 0 saturated heterocycles. The van der Waals surface area contributed by atoms with E-state index in [0.717, 1.165) is 12.8 Å². The van der Waals surface area contributed by atoms with Gasteiger partial charge in [-0.25, -0.2) is 0 Å². The highest BCUT2D eigenvalue weighted by Crippen LogP contribution is 2.37. The van der Waals surface area contributed by atoms with E-state index in [9.17, 15) is 4.79 Å². The predicted octanol–water partition coefficient (Wildman–Crippen LogP) is 3.04. The molecule has 12 heavy (non-hydrogen) atoms. The SMILES string of the molecule is C[C@H]1CCC[C@H](C(C)(C)C)C1=O. The highest BCUT2D eigenvalue weighted by Gasteiger charge is 2.35. The summed E-state index contributed by atoms with van der Waals surface area (Å²) >= 11 is 0. The fourth-order valence-electron chi connectivity index (χ4n) is 2.12. The Labute approximate surface area is 75.5 Å². The van der Waals surface area contributed by atoms with Crippen LogP contribution in [-0.2, 0) is 4.79 Å². The molecule has 0 aliphatic heterocycles. The van der Waals surface area contributed by atoms with Crippen LogP contribution in [0.25, 0.3) is 0 Å². The minimum atomic E-state index is 0.172. The van der Waals surface area contributed by atoms with Crippen molar-refractivity contribution in [3.05, 3.63) is 0 Å². The fourth-order valence-corrected chi connectivity index (χ4v) is 2.12. The first-order valence-electron chi connectivity index (χ1n) is 4.96. The van der Waals surface area contributed by atoms with E-state index in [1.165, 1.54) is 6.42 Å². The Morgan fingerprint density at radius 2 is 1.83 bits per heavy atom. The first-order valence-corrected chi connectivity index (χ1v) is 4.96. The standard InChI is InChI=1S/C11H20O/c1-8-6-5-7-9(10(8)12)11(2,3)4/h8-9H,5-7H2,1-4H3/t8-,9-/m0/s1. The van der Waals surface area contributed by atoms with E-state index in [4.69, 9.17) is 0 Å². The van der Waals surface area contributed by atoms with Crippen LogP contribution in [0, 0.1) is 17.3 Å². The van der Waals surface area contributed by atoms with Gasteiger partial charge in [-0.05, 0) is 18.3 Å². The molecule has 0 aromatic carbocycles. The molecule has 70 valence electrons. The highest BCUT2D eigenvalue weighted by atomic mass is 16.1. The van der Waals surface area contributed by atoms with Gasteiger partial charge in [0, 0.05) is 11.8 Å². The second kappa shape index (κ2) is 3.20. The van der Waals surface area contributed by atoms with Gasteiger partial charge in [0.1, 0.15) is 5.78 Å². The van der Waals surface area contributed by atoms with Gasteiger partial charge < -0.3 is 0 Å². The maximum absolute atomic E-state index is 11.8. The van der Waals surface area contributed by atoms with Crippen LogP contribution in [0.4, 0.5) is 0 Å². The average molecular weight is 168 g/mol. The lowest BCUT2D eigenvalue weighted by molar-refractivity contribution is -0.132. The number of hydrogen-bond donors (Lipinski definition) is 0. The van der Waals surface area contributed by atoms with E-state index in [1.54, 1.807) is 0 Å². The molecule has 0 aromatic heterocycles. The smallest absolute Gasteiger partial charge is 0.139 e. The molecule has 1 fully saturated rings. The molecule has 1 nitrogen and oxygen atoms in total. The van der Waals surface area contributed by atoms with Crippen molar-refractivity contribution in [3.63, 3.8) is 0 Å². The third-order valence-electron chi connectivity index (χ3n) is 3.00. The van der Waals surface area contributed by atoms with Crippen molar-refractivity contribution in [1.29, 1.82) is 0 Å². The molecular weight excluding hydrogens is 148 g/mol. The van der Waals surface area contributed by atoms with Crippen LogP contribution in [0.1, 0.15) is 47.0 Å². The maximum atomic E-state index is 11.8. The molecule has 0 unspecified atom stereocenters. The molecule has 1 rings (SSSR count). The Hall–Kier alpha value is -0.330. The lowest BCUT2D eigenvalue weighted by Gasteiger charge is -2.35. The summed E-state index contributed by atoms with van der Waals surface area (Å²) in [6.07, 6.45) is 3.44. The normalized spacial score (nSPS) is 32.2. The van der Waals surface area contributed by atoms with Crippen molar-refractivity contribution >= 4 is 5.78 Å². The summed E-state index contributed by atoms with van der Waals surface area (Å²) in [5.41, 5.74) is 0.172. The second-order valence-electron chi connectivity index (χ2n) is 5.15. The second-order valence-corrected chi connectivity index (χ2v) is 5.15. The topological polar surface area (TPSA) is 17.1 Å². The van der Waals surface area contributed by atoms with Gasteiger partial charge in [0.25, 0.3) is 0 Å². The molecule has 0 bridgehead atoms. The summed E-state index contributed by atoms with van der Waals surface area (Å²) < 4.78 is 0. The number of carbonyl (C=O) groups is 1. The number of ketones is 1. The summed E-state index contributed by atoms with van der Waals surface area (Å²) in [6, 6.07) is 0. The summed E-state index contributed by atoms with van der Waals surface area (Å²) in [5.74, 6) is 1.11. The van der Waals surface area contributed by atoms with Crippen molar-refractivity contribution in [1.82, 2.24) is 0 Å². The van der Waals surface area contributed by atoms with Gasteiger partial charge in [0.15, 0.2) is 0 Å². The third kappa shape index (κ3) is 1.88. The monoisotopic (exact) mass is 168 g/mol. The zero-order valence-electron chi connectivity index (χ0n) is 8.68. The molecule has 1 saturated carbocycles. The molecule has 0 spiro atoms. The number of rotatable bonds is 0. The van der Waals surface area contributed by atoms with E-state index in [-0.39, 0.29) is 5.41 Å². The van der Waals surface area contributed by atoms with Crippen LogP contribution >= 0.6 is 0 Å². The van der Waals surface area contributed by atoms with Gasteiger partial charge in [0.05, 0.1) is 0 Å². The number of carbonyl (C=O) groups excluding carboxylic acids is 1. The molecule has 1 aliphatic rings. The van der Waals surface area contributed by atoms with Gasteiger partial charge in [-0.1, -0.05) is 34.1 Å². The van der Waals surface area contributed by atoms with Gasteiger partial charge in [-0.15, -0.1) is 0 Å². The van der Waals surface area contributed by atoms with Crippen molar-refractivity contribution in [2.45, 2.75) is 47.0 Å². The third-order valence-corrected chi connectivity index (χ3v) is 3.00. The minimum Gasteiger partial charge on any atom is -0.299 e. The van der Waals surface area contributed by atoms with Crippen LogP contribution in [0.5, 0.6) is 0 Å². The van der Waals surface area contributed by atoms with Gasteiger partial charge in [-0.2, -0.15) is 0 Å². The Bertz CT molecular complexity index is 176. The fraction of sp³-hybridized carbons (Fsp3) is 0.909. The largest absolute Gasteiger partial charge is 0.299 e. The summed E-state index contributed by atoms with van der Waals surface area (Å²) in [5, 5.41) is 0. The highest BCUT2D eigenvalue weighted by molar-refractivity contribution is 5.84. The maximum Gasteiger partial charge on any atom is 0.139 e. The molecule has 0 heterocycles. The predicted molar refractivity (Wildman–Crippen MR) is 51.0 cm³/mol. The van der Waals surface area contributed by atoms with Crippen LogP contribution < -0.4 is 0 Å². The van der Waals surface area contributed by atoms with E-state index in [2.05, 4.69) is 27.7 Å². The molecule has 2 atom stereocenters. The Morgan fingerprint density at radius 1 is 1.25 bits per heavy atom. The lowest BCUT2D eigenvalue weighted by Crippen LogP contribution is -2.35. The lowest BCUT2D eigenvalue weighted by atomic mass is 9.69. The molecule has 0 aromatic rings. The van der Waals surface area contributed by atoms with Gasteiger partial charge in [-0.3, -0.25) is 4.79 Å². The Kier molecular flexibility index (Phi) is 2.60. The molecule has 1 heteroatoms. The van der Waals surface area contributed by atoms with Crippen LogP contribution in [0.3, 0.4) is 0 Å². The molecular formula is C11H20O. The van der Waals surface area contributed by atoms with Crippen LogP contribution in [0.15, 0.2) is 0 Å². The quantitative estimate of drug-likeness (QED) is 0.543. The average Bonchev–Trinajstić information content (AvgIpc) is 1.92. The number of hydrogen-bond acceptors (Lipinski definition) is 1. The molecule has 0 radical (unpaired) electrons. The molecule has 1 aliphatic carbocycles. The first kappa shape index (κ1) is 9.76. The van der Waals surface area contributed by atoms with Crippen molar-refractivity contribution < 1.29 is 4.79 Å².